The number of carbonyl (C=O) groups is 1. The van der Waals surface area contributed by atoms with Gasteiger partial charge in [0, 0.05) is 6.04 Å². The molecule has 3 nitrogen and oxygen atoms in total. The van der Waals surface area contributed by atoms with Gasteiger partial charge in [0.05, 0.1) is 6.26 Å². The molecule has 0 radical (unpaired) electrons. The molecule has 0 aliphatic heterocycles. The van der Waals surface area contributed by atoms with Gasteiger partial charge in [-0.05, 0) is 80.8 Å². The fraction of sp³-hybridized carbons (Fsp3) is 0.706. The number of rotatable bonds is 3. The van der Waals surface area contributed by atoms with Gasteiger partial charge in [0.15, 0.2) is 5.76 Å². The Labute approximate surface area is 120 Å². The number of nitrogens with one attached hydrogen (secondary N) is 1. The van der Waals surface area contributed by atoms with Crippen molar-refractivity contribution >= 4 is 5.91 Å². The second kappa shape index (κ2) is 4.37. The number of hydrogen-bond donors (Lipinski definition) is 1. The van der Waals surface area contributed by atoms with Crippen LogP contribution >= 0.6 is 0 Å². The van der Waals surface area contributed by atoms with Gasteiger partial charge in [-0.1, -0.05) is 0 Å². The predicted octanol–water partition coefficient (Wildman–Crippen LogP) is 3.61. The van der Waals surface area contributed by atoms with Crippen LogP contribution in [0.5, 0.6) is 0 Å². The van der Waals surface area contributed by atoms with Gasteiger partial charge in [0.2, 0.25) is 0 Å². The molecule has 5 rings (SSSR count). The molecule has 0 unspecified atom stereocenters. The van der Waals surface area contributed by atoms with Crippen LogP contribution in [0.25, 0.3) is 0 Å². The Hall–Kier alpha value is -1.25. The van der Waals surface area contributed by atoms with Gasteiger partial charge in [0.25, 0.3) is 5.91 Å². The van der Waals surface area contributed by atoms with E-state index >= 15 is 0 Å². The van der Waals surface area contributed by atoms with Crippen molar-refractivity contribution < 1.29 is 9.21 Å². The Morgan fingerprint density at radius 1 is 1.25 bits per heavy atom. The van der Waals surface area contributed by atoms with Crippen LogP contribution in [0.2, 0.25) is 0 Å². The maximum atomic E-state index is 12.2. The molecule has 4 bridgehead atoms. The molecule has 4 fully saturated rings. The van der Waals surface area contributed by atoms with Crippen molar-refractivity contribution in [2.45, 2.75) is 51.5 Å². The van der Waals surface area contributed by atoms with E-state index in [1.165, 1.54) is 38.5 Å². The summed E-state index contributed by atoms with van der Waals surface area (Å²) in [4.78, 5) is 12.2. The zero-order chi connectivity index (χ0) is 13.7. The predicted molar refractivity (Wildman–Crippen MR) is 76.2 cm³/mol. The van der Waals surface area contributed by atoms with E-state index in [1.807, 2.05) is 0 Å². The third-order valence-corrected chi connectivity index (χ3v) is 6.10. The summed E-state index contributed by atoms with van der Waals surface area (Å²) < 4.78 is 5.20. The van der Waals surface area contributed by atoms with Crippen molar-refractivity contribution in [2.24, 2.45) is 23.2 Å². The summed E-state index contributed by atoms with van der Waals surface area (Å²) in [6.07, 6.45) is 9.84. The first-order valence-corrected chi connectivity index (χ1v) is 7.99. The van der Waals surface area contributed by atoms with Crippen molar-refractivity contribution in [3.8, 4) is 0 Å². The van der Waals surface area contributed by atoms with Gasteiger partial charge in [-0.15, -0.1) is 0 Å². The normalized spacial score (nSPS) is 39.8. The van der Waals surface area contributed by atoms with Crippen LogP contribution in [0, 0.1) is 23.2 Å². The molecule has 0 aromatic carbocycles. The van der Waals surface area contributed by atoms with Crippen LogP contribution in [0.3, 0.4) is 0 Å². The van der Waals surface area contributed by atoms with E-state index in [4.69, 9.17) is 4.42 Å². The topological polar surface area (TPSA) is 42.2 Å². The Morgan fingerprint density at radius 3 is 2.35 bits per heavy atom. The summed E-state index contributed by atoms with van der Waals surface area (Å²) in [7, 11) is 0. The third kappa shape index (κ3) is 1.90. The van der Waals surface area contributed by atoms with Crippen molar-refractivity contribution in [2.75, 3.05) is 0 Å². The zero-order valence-electron chi connectivity index (χ0n) is 12.1. The Morgan fingerprint density at radius 2 is 1.85 bits per heavy atom. The number of carbonyl (C=O) groups excluding carboxylic acids is 1. The van der Waals surface area contributed by atoms with Gasteiger partial charge >= 0.3 is 0 Å². The summed E-state index contributed by atoms with van der Waals surface area (Å²) in [5, 5.41) is 3.21. The molecule has 1 atom stereocenters. The molecule has 4 aliphatic rings. The van der Waals surface area contributed by atoms with E-state index in [0.717, 1.165) is 17.8 Å². The molecule has 1 aromatic rings. The van der Waals surface area contributed by atoms with Crippen LogP contribution in [0.1, 0.15) is 56.0 Å². The Kier molecular flexibility index (Phi) is 2.73. The molecule has 20 heavy (non-hydrogen) atoms. The number of hydrogen-bond acceptors (Lipinski definition) is 2. The minimum atomic E-state index is -0.0572. The maximum absolute atomic E-state index is 12.2. The second-order valence-corrected chi connectivity index (χ2v) is 7.45. The summed E-state index contributed by atoms with van der Waals surface area (Å²) >= 11 is 0. The lowest BCUT2D eigenvalue weighted by Gasteiger charge is -2.59. The fourth-order valence-corrected chi connectivity index (χ4v) is 5.54. The first-order valence-electron chi connectivity index (χ1n) is 7.99. The van der Waals surface area contributed by atoms with Crippen molar-refractivity contribution in [1.29, 1.82) is 0 Å². The van der Waals surface area contributed by atoms with Crippen LogP contribution < -0.4 is 5.32 Å². The summed E-state index contributed by atoms with van der Waals surface area (Å²) in [6.45, 7) is 2.20. The standard InChI is InChI=1S/C17H23NO2/c1-11(18-16(19)15-3-2-4-20-15)17-8-12-5-13(9-17)7-14(6-12)10-17/h2-4,11-14H,5-10H2,1H3,(H,18,19)/t11-,12?,13?,14?,17?/m1/s1. The molecule has 0 spiro atoms. The fourth-order valence-electron chi connectivity index (χ4n) is 5.54. The van der Waals surface area contributed by atoms with Gasteiger partial charge < -0.3 is 9.73 Å². The van der Waals surface area contributed by atoms with Crippen molar-refractivity contribution in [3.05, 3.63) is 24.2 Å². The molecular formula is C17H23NO2. The molecule has 3 heteroatoms. The molecule has 1 aromatic heterocycles. The molecule has 4 aliphatic carbocycles. The average molecular weight is 273 g/mol. The Balaban J connectivity index is 1.51. The highest BCUT2D eigenvalue weighted by molar-refractivity contribution is 5.91. The van der Waals surface area contributed by atoms with Crippen molar-refractivity contribution in [3.63, 3.8) is 0 Å². The molecule has 1 heterocycles. The summed E-state index contributed by atoms with van der Waals surface area (Å²) in [5.74, 6) is 3.14. The number of amides is 1. The summed E-state index contributed by atoms with van der Waals surface area (Å²) in [6, 6.07) is 3.76. The highest BCUT2D eigenvalue weighted by atomic mass is 16.3. The van der Waals surface area contributed by atoms with Crippen molar-refractivity contribution in [1.82, 2.24) is 5.32 Å². The van der Waals surface area contributed by atoms with Gasteiger partial charge in [-0.3, -0.25) is 4.79 Å². The maximum Gasteiger partial charge on any atom is 0.287 e. The molecule has 0 saturated heterocycles. The zero-order valence-corrected chi connectivity index (χ0v) is 12.1. The monoisotopic (exact) mass is 273 g/mol. The van der Waals surface area contributed by atoms with Crippen LogP contribution in [-0.2, 0) is 0 Å². The van der Waals surface area contributed by atoms with Crippen LogP contribution in [0.15, 0.2) is 22.8 Å². The lowest BCUT2D eigenvalue weighted by Crippen LogP contribution is -2.55. The quantitative estimate of drug-likeness (QED) is 0.914. The largest absolute Gasteiger partial charge is 0.459 e. The third-order valence-electron chi connectivity index (χ3n) is 6.10. The minimum absolute atomic E-state index is 0.0572. The van der Waals surface area contributed by atoms with Gasteiger partial charge in [-0.25, -0.2) is 0 Å². The molecule has 1 amide bonds. The smallest absolute Gasteiger partial charge is 0.287 e. The van der Waals surface area contributed by atoms with E-state index in [-0.39, 0.29) is 11.9 Å². The molecule has 1 N–H and O–H groups in total. The first-order chi connectivity index (χ1) is 9.64. The molecule has 4 saturated carbocycles. The lowest BCUT2D eigenvalue weighted by atomic mass is 9.48. The lowest BCUT2D eigenvalue weighted by molar-refractivity contribution is -0.0688. The minimum Gasteiger partial charge on any atom is -0.459 e. The van der Waals surface area contributed by atoms with E-state index in [9.17, 15) is 4.79 Å². The summed E-state index contributed by atoms with van der Waals surface area (Å²) in [5.41, 5.74) is 0.358. The van der Waals surface area contributed by atoms with Crippen LogP contribution in [0.4, 0.5) is 0 Å². The molecular weight excluding hydrogens is 250 g/mol. The van der Waals surface area contributed by atoms with Crippen LogP contribution in [-0.4, -0.2) is 11.9 Å². The average Bonchev–Trinajstić information content (AvgIpc) is 2.90. The second-order valence-electron chi connectivity index (χ2n) is 7.45. The molecule has 108 valence electrons. The van der Waals surface area contributed by atoms with E-state index in [0.29, 0.717) is 11.2 Å². The van der Waals surface area contributed by atoms with E-state index in [1.54, 1.807) is 18.4 Å². The van der Waals surface area contributed by atoms with E-state index < -0.39 is 0 Å². The Bertz CT molecular complexity index is 470. The first kappa shape index (κ1) is 12.5. The van der Waals surface area contributed by atoms with Gasteiger partial charge in [0.1, 0.15) is 0 Å². The van der Waals surface area contributed by atoms with Gasteiger partial charge in [-0.2, -0.15) is 0 Å². The number of furan rings is 1. The highest BCUT2D eigenvalue weighted by Gasteiger charge is 2.53. The SMILES string of the molecule is C[C@@H](NC(=O)c1ccco1)C12CC3CC(CC(C3)C1)C2. The highest BCUT2D eigenvalue weighted by Crippen LogP contribution is 2.61. The van der Waals surface area contributed by atoms with E-state index in [2.05, 4.69) is 12.2 Å².